The van der Waals surface area contributed by atoms with E-state index in [1.165, 1.54) is 57.8 Å². The molecule has 0 aromatic heterocycles. The van der Waals surface area contributed by atoms with Crippen LogP contribution < -0.4 is 5.73 Å². The maximum Gasteiger partial charge on any atom is 0.228 e. The lowest BCUT2D eigenvalue weighted by molar-refractivity contribution is -0.140. The summed E-state index contributed by atoms with van der Waals surface area (Å²) in [5.41, 5.74) is 5.74. The smallest absolute Gasteiger partial charge is 0.228 e. The van der Waals surface area contributed by atoms with Gasteiger partial charge in [0.1, 0.15) is 17.5 Å². The van der Waals surface area contributed by atoms with Gasteiger partial charge in [0.05, 0.1) is 0 Å². The third-order valence-electron chi connectivity index (χ3n) is 8.78. The summed E-state index contributed by atoms with van der Waals surface area (Å²) in [4.78, 5) is 40.8. The van der Waals surface area contributed by atoms with Crippen molar-refractivity contribution < 1.29 is 14.4 Å². The summed E-state index contributed by atoms with van der Waals surface area (Å²) in [6, 6.07) is 0. The Morgan fingerprint density at radius 1 is 0.511 bits per heavy atom. The van der Waals surface area contributed by atoms with Crippen LogP contribution in [0.15, 0.2) is 48.6 Å². The van der Waals surface area contributed by atoms with E-state index in [4.69, 9.17) is 5.73 Å². The second kappa shape index (κ2) is 33.6. The highest BCUT2D eigenvalue weighted by atomic mass is 16.2. The van der Waals surface area contributed by atoms with Crippen LogP contribution in [0.2, 0.25) is 0 Å². The van der Waals surface area contributed by atoms with E-state index in [1.807, 2.05) is 19.0 Å². The standard InChI is InChI=1S/C42H74N2O3/c1-5-7-9-11-13-15-17-19-21-23-25-27-29-31-33-35-39(45)38(37-44(3)4)41(42(43)47)40(46)36-34-32-30-28-26-24-22-20-18-16-14-12-10-8-6-2/h13-16,19-22,38,41H,5-12,17-18,23-37H2,1-4H3,(H2,43,47). The second-order valence-electron chi connectivity index (χ2n) is 13.6. The lowest BCUT2D eigenvalue weighted by atomic mass is 9.81. The molecule has 0 saturated heterocycles. The van der Waals surface area contributed by atoms with Crippen molar-refractivity contribution in [2.24, 2.45) is 17.6 Å². The average molecular weight is 655 g/mol. The third-order valence-corrected chi connectivity index (χ3v) is 8.78. The van der Waals surface area contributed by atoms with E-state index in [-0.39, 0.29) is 11.6 Å². The number of nitrogens with two attached hydrogens (primary N) is 1. The van der Waals surface area contributed by atoms with E-state index in [9.17, 15) is 14.4 Å². The summed E-state index contributed by atoms with van der Waals surface area (Å²) in [7, 11) is 3.75. The number of nitrogens with zero attached hydrogens (tertiary/aromatic N) is 1. The van der Waals surface area contributed by atoms with Crippen LogP contribution in [0.5, 0.6) is 0 Å². The number of rotatable bonds is 34. The molecule has 2 atom stereocenters. The van der Waals surface area contributed by atoms with Crippen LogP contribution in [-0.4, -0.2) is 43.0 Å². The number of carbonyl (C=O) groups excluding carboxylic acids is 3. The molecular weight excluding hydrogens is 580 g/mol. The van der Waals surface area contributed by atoms with Gasteiger partial charge in [-0.2, -0.15) is 0 Å². The topological polar surface area (TPSA) is 80.5 Å². The maximum atomic E-state index is 13.3. The van der Waals surface area contributed by atoms with Gasteiger partial charge in [-0.15, -0.1) is 0 Å². The Hall–Kier alpha value is -2.27. The van der Waals surface area contributed by atoms with Crippen molar-refractivity contribution >= 4 is 17.5 Å². The van der Waals surface area contributed by atoms with Gasteiger partial charge in [0.25, 0.3) is 0 Å². The fourth-order valence-corrected chi connectivity index (χ4v) is 5.93. The minimum absolute atomic E-state index is 0.00145. The molecule has 0 spiro atoms. The number of unbranched alkanes of at least 4 members (excludes halogenated alkanes) is 16. The van der Waals surface area contributed by atoms with Crippen LogP contribution in [0.4, 0.5) is 0 Å². The van der Waals surface area contributed by atoms with Gasteiger partial charge in [-0.25, -0.2) is 0 Å². The quantitative estimate of drug-likeness (QED) is 0.0425. The number of carbonyl (C=O) groups is 3. The largest absolute Gasteiger partial charge is 0.369 e. The SMILES string of the molecule is CCCCCC=CCC=CCCCCCCCC(=O)C(CN(C)C)C(C(N)=O)C(=O)CCCCCCCC=CCC=CCCCCC. The molecule has 2 unspecified atom stereocenters. The van der Waals surface area contributed by atoms with Gasteiger partial charge in [-0.05, 0) is 91.1 Å². The Kier molecular flexibility index (Phi) is 32.0. The van der Waals surface area contributed by atoms with Gasteiger partial charge < -0.3 is 10.6 Å². The molecule has 0 bridgehead atoms. The molecule has 47 heavy (non-hydrogen) atoms. The number of allylic oxidation sites excluding steroid dienone is 8. The zero-order chi connectivity index (χ0) is 34.8. The van der Waals surface area contributed by atoms with Crippen molar-refractivity contribution in [3.63, 3.8) is 0 Å². The molecule has 0 aliphatic rings. The predicted octanol–water partition coefficient (Wildman–Crippen LogP) is 11.0. The number of hydrogen-bond acceptors (Lipinski definition) is 4. The summed E-state index contributed by atoms with van der Waals surface area (Å²) >= 11 is 0. The van der Waals surface area contributed by atoms with Gasteiger partial charge in [0, 0.05) is 25.3 Å². The molecule has 0 radical (unpaired) electrons. The van der Waals surface area contributed by atoms with Gasteiger partial charge >= 0.3 is 0 Å². The number of hydrogen-bond donors (Lipinski definition) is 1. The number of primary amides is 1. The van der Waals surface area contributed by atoms with Crippen molar-refractivity contribution in [3.8, 4) is 0 Å². The zero-order valence-corrected chi connectivity index (χ0v) is 31.2. The van der Waals surface area contributed by atoms with Crippen LogP contribution in [0, 0.1) is 11.8 Å². The Labute approximate surface area is 291 Å². The highest BCUT2D eigenvalue weighted by molar-refractivity contribution is 6.05. The first-order valence-corrected chi connectivity index (χ1v) is 19.4. The monoisotopic (exact) mass is 655 g/mol. The molecule has 0 aromatic rings. The van der Waals surface area contributed by atoms with Crippen molar-refractivity contribution in [2.45, 2.75) is 168 Å². The van der Waals surface area contributed by atoms with E-state index in [0.29, 0.717) is 19.4 Å². The van der Waals surface area contributed by atoms with E-state index < -0.39 is 17.7 Å². The third kappa shape index (κ3) is 28.5. The molecule has 0 fully saturated rings. The molecule has 0 aliphatic carbocycles. The Balaban J connectivity index is 4.31. The van der Waals surface area contributed by atoms with Crippen LogP contribution in [0.3, 0.4) is 0 Å². The first-order chi connectivity index (χ1) is 22.8. The van der Waals surface area contributed by atoms with Gasteiger partial charge in [0.15, 0.2) is 0 Å². The Morgan fingerprint density at radius 2 is 0.872 bits per heavy atom. The van der Waals surface area contributed by atoms with Crippen LogP contribution in [0.1, 0.15) is 168 Å². The van der Waals surface area contributed by atoms with Crippen LogP contribution >= 0.6 is 0 Å². The molecule has 270 valence electrons. The molecule has 1 amide bonds. The molecule has 0 rings (SSSR count). The van der Waals surface area contributed by atoms with Crippen molar-refractivity contribution in [2.75, 3.05) is 20.6 Å². The summed E-state index contributed by atoms with van der Waals surface area (Å²) in [6.45, 7) is 4.84. The molecule has 5 nitrogen and oxygen atoms in total. The second-order valence-corrected chi connectivity index (χ2v) is 13.6. The van der Waals surface area contributed by atoms with Crippen molar-refractivity contribution in [3.05, 3.63) is 48.6 Å². The highest BCUT2D eigenvalue weighted by Crippen LogP contribution is 2.22. The first-order valence-electron chi connectivity index (χ1n) is 19.4. The highest BCUT2D eigenvalue weighted by Gasteiger charge is 2.37. The number of Topliss-reactive ketones (excluding diaryl/α,β-unsaturated/α-hetero) is 2. The van der Waals surface area contributed by atoms with E-state index in [2.05, 4.69) is 62.5 Å². The first kappa shape index (κ1) is 44.7. The predicted molar refractivity (Wildman–Crippen MR) is 203 cm³/mol. The number of amides is 1. The van der Waals surface area contributed by atoms with Gasteiger partial charge in [-0.1, -0.05) is 127 Å². The lowest BCUT2D eigenvalue weighted by Gasteiger charge is -2.25. The van der Waals surface area contributed by atoms with Gasteiger partial charge in [-0.3, -0.25) is 14.4 Å². The van der Waals surface area contributed by atoms with E-state index in [1.54, 1.807) is 0 Å². The summed E-state index contributed by atoms with van der Waals surface area (Å²) in [5, 5.41) is 0. The van der Waals surface area contributed by atoms with Crippen LogP contribution in [0.25, 0.3) is 0 Å². The molecule has 0 aromatic carbocycles. The Morgan fingerprint density at radius 3 is 1.26 bits per heavy atom. The summed E-state index contributed by atoms with van der Waals surface area (Å²) in [5.74, 6) is -2.49. The lowest BCUT2D eigenvalue weighted by Crippen LogP contribution is -2.44. The van der Waals surface area contributed by atoms with E-state index in [0.717, 1.165) is 83.5 Å². The number of ketones is 2. The molecular formula is C42H74N2O3. The van der Waals surface area contributed by atoms with Crippen LogP contribution in [-0.2, 0) is 14.4 Å². The van der Waals surface area contributed by atoms with Crippen molar-refractivity contribution in [1.82, 2.24) is 4.90 Å². The normalized spacial score (nSPS) is 13.6. The summed E-state index contributed by atoms with van der Waals surface area (Å²) in [6.07, 6.45) is 43.5. The molecule has 0 aliphatic heterocycles. The van der Waals surface area contributed by atoms with Gasteiger partial charge in [0.2, 0.25) is 5.91 Å². The fourth-order valence-electron chi connectivity index (χ4n) is 5.93. The summed E-state index contributed by atoms with van der Waals surface area (Å²) < 4.78 is 0. The maximum absolute atomic E-state index is 13.3. The van der Waals surface area contributed by atoms with E-state index >= 15 is 0 Å². The zero-order valence-electron chi connectivity index (χ0n) is 31.2. The molecule has 0 heterocycles. The molecule has 5 heteroatoms. The Bertz CT molecular complexity index is 886. The molecule has 2 N–H and O–H groups in total. The molecule has 0 saturated carbocycles. The van der Waals surface area contributed by atoms with Crippen molar-refractivity contribution in [1.29, 1.82) is 0 Å². The minimum atomic E-state index is -1.02. The fraction of sp³-hybridized carbons (Fsp3) is 0.738. The minimum Gasteiger partial charge on any atom is -0.369 e. The average Bonchev–Trinajstić information content (AvgIpc) is 3.04.